The lowest BCUT2D eigenvalue weighted by molar-refractivity contribution is 0.242. The van der Waals surface area contributed by atoms with E-state index < -0.39 is 0 Å². The normalized spacial score (nSPS) is 16.6. The summed E-state index contributed by atoms with van der Waals surface area (Å²) in [6, 6.07) is 16.7. The van der Waals surface area contributed by atoms with Crippen molar-refractivity contribution in [1.82, 2.24) is 5.32 Å². The summed E-state index contributed by atoms with van der Waals surface area (Å²) in [4.78, 5) is 0. The van der Waals surface area contributed by atoms with Crippen LogP contribution in [0.2, 0.25) is 0 Å². The van der Waals surface area contributed by atoms with E-state index in [4.69, 9.17) is 9.47 Å². The molecule has 2 aromatic carbocycles. The lowest BCUT2D eigenvalue weighted by Gasteiger charge is -2.14. The molecule has 1 aliphatic heterocycles. The highest BCUT2D eigenvalue weighted by Crippen LogP contribution is 2.31. The molecule has 0 aromatic heterocycles. The van der Waals surface area contributed by atoms with Crippen molar-refractivity contribution in [1.29, 1.82) is 0 Å². The number of rotatable bonds is 5. The smallest absolute Gasteiger partial charge is 0.124 e. The minimum absolute atomic E-state index is 0.198. The summed E-state index contributed by atoms with van der Waals surface area (Å²) in [5.74, 6) is 1.92. The number of hydrogen-bond acceptors (Lipinski definition) is 3. The number of ether oxygens (including phenoxy) is 2. The first kappa shape index (κ1) is 14.0. The van der Waals surface area contributed by atoms with Crippen LogP contribution in [-0.4, -0.2) is 12.7 Å². The minimum atomic E-state index is 0.198. The molecule has 2 aromatic rings. The average molecular weight is 283 g/mol. The van der Waals surface area contributed by atoms with Gasteiger partial charge in [0.05, 0.1) is 12.1 Å². The Morgan fingerprint density at radius 1 is 1.19 bits per heavy atom. The Balaban J connectivity index is 1.63. The number of benzene rings is 2. The van der Waals surface area contributed by atoms with Crippen molar-refractivity contribution in [2.24, 2.45) is 0 Å². The van der Waals surface area contributed by atoms with Gasteiger partial charge in [-0.2, -0.15) is 0 Å². The van der Waals surface area contributed by atoms with Crippen LogP contribution in [0.1, 0.15) is 31.0 Å². The van der Waals surface area contributed by atoms with E-state index in [1.807, 2.05) is 38.1 Å². The van der Waals surface area contributed by atoms with Crippen molar-refractivity contribution in [2.45, 2.75) is 32.5 Å². The molecule has 0 aliphatic carbocycles. The van der Waals surface area contributed by atoms with E-state index in [9.17, 15) is 0 Å². The highest BCUT2D eigenvalue weighted by atomic mass is 16.5. The van der Waals surface area contributed by atoms with Gasteiger partial charge >= 0.3 is 0 Å². The Morgan fingerprint density at radius 2 is 2.05 bits per heavy atom. The molecule has 1 atom stereocenters. The standard InChI is InChI=1S/C18H21NO2/c1-13(2)21-15-7-5-6-14(10-15)11-19-17-12-20-18-9-4-3-8-16(17)18/h3-10,13,17,19H,11-12H2,1-2H3. The maximum atomic E-state index is 5.73. The summed E-state index contributed by atoms with van der Waals surface area (Å²) in [5, 5.41) is 3.55. The molecule has 0 radical (unpaired) electrons. The lowest BCUT2D eigenvalue weighted by atomic mass is 10.1. The molecule has 3 rings (SSSR count). The summed E-state index contributed by atoms with van der Waals surface area (Å²) in [6.45, 7) is 5.58. The monoisotopic (exact) mass is 283 g/mol. The fourth-order valence-electron chi connectivity index (χ4n) is 2.57. The maximum Gasteiger partial charge on any atom is 0.124 e. The van der Waals surface area contributed by atoms with Gasteiger partial charge in [0.1, 0.15) is 18.1 Å². The number of para-hydroxylation sites is 1. The fourth-order valence-corrected chi connectivity index (χ4v) is 2.57. The van der Waals surface area contributed by atoms with Gasteiger partial charge in [0.25, 0.3) is 0 Å². The first-order valence-electron chi connectivity index (χ1n) is 7.43. The SMILES string of the molecule is CC(C)Oc1cccc(CNC2COc3ccccc32)c1. The van der Waals surface area contributed by atoms with Gasteiger partial charge in [0.2, 0.25) is 0 Å². The second-order valence-electron chi connectivity index (χ2n) is 5.60. The van der Waals surface area contributed by atoms with E-state index in [1.54, 1.807) is 0 Å². The van der Waals surface area contributed by atoms with E-state index in [0.29, 0.717) is 6.61 Å². The van der Waals surface area contributed by atoms with Gasteiger partial charge in [0, 0.05) is 12.1 Å². The van der Waals surface area contributed by atoms with Crippen LogP contribution in [0.5, 0.6) is 11.5 Å². The number of hydrogen-bond donors (Lipinski definition) is 1. The summed E-state index contributed by atoms with van der Waals surface area (Å²) >= 11 is 0. The van der Waals surface area contributed by atoms with E-state index in [0.717, 1.165) is 18.0 Å². The zero-order valence-electron chi connectivity index (χ0n) is 12.5. The third-order valence-electron chi connectivity index (χ3n) is 3.52. The molecule has 0 bridgehead atoms. The summed E-state index contributed by atoms with van der Waals surface area (Å²) in [6.07, 6.45) is 0.198. The topological polar surface area (TPSA) is 30.5 Å². The number of fused-ring (bicyclic) bond motifs is 1. The molecule has 21 heavy (non-hydrogen) atoms. The molecule has 1 heterocycles. The van der Waals surface area contributed by atoms with Gasteiger partial charge in [-0.25, -0.2) is 0 Å². The fraction of sp³-hybridized carbons (Fsp3) is 0.333. The van der Waals surface area contributed by atoms with Crippen LogP contribution in [0.15, 0.2) is 48.5 Å². The van der Waals surface area contributed by atoms with Gasteiger partial charge in [-0.1, -0.05) is 30.3 Å². The zero-order valence-corrected chi connectivity index (χ0v) is 12.5. The molecule has 3 heteroatoms. The maximum absolute atomic E-state index is 5.73. The van der Waals surface area contributed by atoms with Gasteiger partial charge in [-0.15, -0.1) is 0 Å². The second-order valence-corrected chi connectivity index (χ2v) is 5.60. The predicted molar refractivity (Wildman–Crippen MR) is 83.7 cm³/mol. The third kappa shape index (κ3) is 3.37. The Labute approximate surface area is 125 Å². The third-order valence-corrected chi connectivity index (χ3v) is 3.52. The molecule has 1 N–H and O–H groups in total. The van der Waals surface area contributed by atoms with Crippen LogP contribution in [-0.2, 0) is 6.54 Å². The Kier molecular flexibility index (Phi) is 4.11. The highest BCUT2D eigenvalue weighted by molar-refractivity contribution is 5.39. The van der Waals surface area contributed by atoms with E-state index in [2.05, 4.69) is 29.6 Å². The summed E-state index contributed by atoms with van der Waals surface area (Å²) in [5.41, 5.74) is 2.46. The van der Waals surface area contributed by atoms with Gasteiger partial charge < -0.3 is 14.8 Å². The van der Waals surface area contributed by atoms with E-state index in [-0.39, 0.29) is 12.1 Å². The van der Waals surface area contributed by atoms with Crippen molar-refractivity contribution in [2.75, 3.05) is 6.61 Å². The summed E-state index contributed by atoms with van der Waals surface area (Å²) in [7, 11) is 0. The predicted octanol–water partition coefficient (Wildman–Crippen LogP) is 3.70. The Bertz CT molecular complexity index is 610. The molecule has 0 fully saturated rings. The molecule has 3 nitrogen and oxygen atoms in total. The second kappa shape index (κ2) is 6.19. The molecule has 0 amide bonds. The number of nitrogens with one attached hydrogen (secondary N) is 1. The summed E-state index contributed by atoms with van der Waals surface area (Å²) < 4.78 is 11.4. The molecule has 0 spiro atoms. The van der Waals surface area contributed by atoms with E-state index in [1.165, 1.54) is 11.1 Å². The van der Waals surface area contributed by atoms with E-state index >= 15 is 0 Å². The van der Waals surface area contributed by atoms with Crippen molar-refractivity contribution >= 4 is 0 Å². The van der Waals surface area contributed by atoms with Crippen molar-refractivity contribution in [3.8, 4) is 11.5 Å². The van der Waals surface area contributed by atoms with Crippen LogP contribution < -0.4 is 14.8 Å². The van der Waals surface area contributed by atoms with Crippen LogP contribution >= 0.6 is 0 Å². The average Bonchev–Trinajstić information content (AvgIpc) is 2.88. The van der Waals surface area contributed by atoms with Crippen molar-refractivity contribution in [3.63, 3.8) is 0 Å². The largest absolute Gasteiger partial charge is 0.491 e. The molecular formula is C18H21NO2. The minimum Gasteiger partial charge on any atom is -0.491 e. The first-order chi connectivity index (χ1) is 10.2. The lowest BCUT2D eigenvalue weighted by Crippen LogP contribution is -2.22. The molecule has 110 valence electrons. The van der Waals surface area contributed by atoms with Crippen LogP contribution in [0.3, 0.4) is 0 Å². The Hall–Kier alpha value is -2.00. The first-order valence-corrected chi connectivity index (χ1v) is 7.43. The molecular weight excluding hydrogens is 262 g/mol. The van der Waals surface area contributed by atoms with Crippen molar-refractivity contribution < 1.29 is 9.47 Å². The highest BCUT2D eigenvalue weighted by Gasteiger charge is 2.22. The van der Waals surface area contributed by atoms with Gasteiger partial charge in [-0.3, -0.25) is 0 Å². The molecule has 1 aliphatic rings. The molecule has 0 saturated heterocycles. The van der Waals surface area contributed by atoms with Gasteiger partial charge in [0.15, 0.2) is 0 Å². The van der Waals surface area contributed by atoms with Crippen LogP contribution in [0.25, 0.3) is 0 Å². The van der Waals surface area contributed by atoms with Gasteiger partial charge in [-0.05, 0) is 37.6 Å². The molecule has 0 saturated carbocycles. The van der Waals surface area contributed by atoms with Crippen LogP contribution in [0, 0.1) is 0 Å². The van der Waals surface area contributed by atoms with Crippen LogP contribution in [0.4, 0.5) is 0 Å². The van der Waals surface area contributed by atoms with Crippen molar-refractivity contribution in [3.05, 3.63) is 59.7 Å². The Morgan fingerprint density at radius 3 is 2.90 bits per heavy atom. The quantitative estimate of drug-likeness (QED) is 0.907. The zero-order chi connectivity index (χ0) is 14.7. The molecule has 1 unspecified atom stereocenters.